The van der Waals surface area contributed by atoms with Gasteiger partial charge in [0.15, 0.2) is 0 Å². The molecule has 1 saturated carbocycles. The Balaban J connectivity index is 1.67. The van der Waals surface area contributed by atoms with Gasteiger partial charge in [-0.3, -0.25) is 19.3 Å². The summed E-state index contributed by atoms with van der Waals surface area (Å²) in [5, 5.41) is -0.436. The van der Waals surface area contributed by atoms with E-state index in [4.69, 9.17) is 4.74 Å². The molecule has 0 atom stereocenters. The smallest absolute Gasteiger partial charge is 0.326 e. The van der Waals surface area contributed by atoms with Crippen LogP contribution in [0.1, 0.15) is 57.6 Å². The first kappa shape index (κ1) is 18.8. The van der Waals surface area contributed by atoms with E-state index in [9.17, 15) is 14.4 Å². The van der Waals surface area contributed by atoms with Crippen molar-refractivity contribution < 1.29 is 19.1 Å². The fraction of sp³-hybridized carbons (Fsp3) is 0.526. The number of nitrogens with zero attached hydrogens (tertiary/aromatic N) is 2. The zero-order valence-electron chi connectivity index (χ0n) is 15.1. The minimum absolute atomic E-state index is 0.280. The second-order valence-corrected chi connectivity index (χ2v) is 7.98. The topological polar surface area (TPSA) is 68.6 Å². The average Bonchev–Trinajstić information content (AvgIpc) is 3.16. The molecule has 26 heavy (non-hydrogen) atoms. The molecule has 0 bridgehead atoms. The van der Waals surface area contributed by atoms with Gasteiger partial charge in [0, 0.05) is 18.4 Å². The third-order valence-electron chi connectivity index (χ3n) is 4.56. The van der Waals surface area contributed by atoms with Gasteiger partial charge < -0.3 is 9.30 Å². The van der Waals surface area contributed by atoms with Crippen molar-refractivity contribution in [1.29, 1.82) is 0 Å². The molecule has 0 spiro atoms. The molecule has 1 aliphatic carbocycles. The third kappa shape index (κ3) is 4.38. The number of carbonyl (C=O) groups excluding carboxylic acids is 3. The van der Waals surface area contributed by atoms with Crippen molar-refractivity contribution in [2.24, 2.45) is 0 Å². The monoisotopic (exact) mass is 376 g/mol. The molecule has 1 aromatic rings. The number of thioether (sulfide) groups is 1. The predicted octanol–water partition coefficient (Wildman–Crippen LogP) is 3.98. The molecule has 0 radical (unpaired) electrons. The molecule has 2 amide bonds. The molecular weight excluding hydrogens is 352 g/mol. The second-order valence-electron chi connectivity index (χ2n) is 6.99. The Morgan fingerprint density at radius 1 is 1.31 bits per heavy atom. The molecule has 140 valence electrons. The van der Waals surface area contributed by atoms with Crippen LogP contribution in [0.15, 0.2) is 23.4 Å². The zero-order chi connectivity index (χ0) is 18.7. The minimum Gasteiger partial charge on any atom is -0.462 e. The number of esters is 1. The highest BCUT2D eigenvalue weighted by molar-refractivity contribution is 8.18. The Hall–Kier alpha value is -2.02. The number of carbonyl (C=O) groups is 3. The van der Waals surface area contributed by atoms with Crippen LogP contribution in [0.2, 0.25) is 0 Å². The van der Waals surface area contributed by atoms with Crippen LogP contribution in [-0.4, -0.2) is 39.2 Å². The van der Waals surface area contributed by atoms with Gasteiger partial charge in [0.1, 0.15) is 6.54 Å². The van der Waals surface area contributed by atoms with Gasteiger partial charge in [-0.15, -0.1) is 0 Å². The Morgan fingerprint density at radius 2 is 2.04 bits per heavy atom. The van der Waals surface area contributed by atoms with Crippen LogP contribution >= 0.6 is 11.8 Å². The van der Waals surface area contributed by atoms with Crippen LogP contribution in [0.5, 0.6) is 0 Å². The van der Waals surface area contributed by atoms with E-state index >= 15 is 0 Å². The maximum atomic E-state index is 12.5. The van der Waals surface area contributed by atoms with Gasteiger partial charge in [0.2, 0.25) is 0 Å². The van der Waals surface area contributed by atoms with Crippen LogP contribution in [-0.2, 0) is 14.3 Å². The third-order valence-corrected chi connectivity index (χ3v) is 5.47. The number of amides is 2. The van der Waals surface area contributed by atoms with Gasteiger partial charge in [-0.1, -0.05) is 19.3 Å². The maximum Gasteiger partial charge on any atom is 0.326 e. The van der Waals surface area contributed by atoms with Gasteiger partial charge in [0.05, 0.1) is 11.0 Å². The predicted molar refractivity (Wildman–Crippen MR) is 100 cm³/mol. The number of rotatable bonds is 5. The molecule has 0 aromatic carbocycles. The van der Waals surface area contributed by atoms with E-state index in [0.29, 0.717) is 10.9 Å². The van der Waals surface area contributed by atoms with Gasteiger partial charge >= 0.3 is 5.97 Å². The highest BCUT2D eigenvalue weighted by atomic mass is 32.2. The second kappa shape index (κ2) is 8.12. The van der Waals surface area contributed by atoms with Gasteiger partial charge in [-0.25, -0.2) is 0 Å². The Kier molecular flexibility index (Phi) is 5.86. The molecule has 0 unspecified atom stereocenters. The van der Waals surface area contributed by atoms with E-state index in [0.717, 1.165) is 22.2 Å². The summed E-state index contributed by atoms with van der Waals surface area (Å²) in [7, 11) is 0. The highest BCUT2D eigenvalue weighted by Gasteiger charge is 2.36. The molecule has 1 aliphatic heterocycles. The van der Waals surface area contributed by atoms with Crippen molar-refractivity contribution in [1.82, 2.24) is 9.47 Å². The van der Waals surface area contributed by atoms with Crippen LogP contribution in [0.25, 0.3) is 6.08 Å². The lowest BCUT2D eigenvalue weighted by atomic mass is 9.95. The SMILES string of the molecule is CC(C)OC(=O)CN1C(=O)S/C(=C\c2ccn(C3CCCCC3)c2)C1=O. The van der Waals surface area contributed by atoms with Gasteiger partial charge in [-0.2, -0.15) is 0 Å². The van der Waals surface area contributed by atoms with Crippen LogP contribution in [0.3, 0.4) is 0 Å². The Morgan fingerprint density at radius 3 is 2.73 bits per heavy atom. The Labute approximate surface area is 157 Å². The normalized spacial score (nSPS) is 20.4. The number of ether oxygens (including phenoxy) is 1. The number of hydrogen-bond donors (Lipinski definition) is 0. The van der Waals surface area contributed by atoms with Crippen molar-refractivity contribution in [3.05, 3.63) is 28.9 Å². The van der Waals surface area contributed by atoms with Crippen LogP contribution in [0, 0.1) is 0 Å². The molecular formula is C19H24N2O4S. The van der Waals surface area contributed by atoms with Gasteiger partial charge in [-0.05, 0) is 56.2 Å². The molecule has 2 heterocycles. The van der Waals surface area contributed by atoms with E-state index in [1.165, 1.54) is 32.1 Å². The van der Waals surface area contributed by atoms with Crippen molar-refractivity contribution in [2.75, 3.05) is 6.54 Å². The minimum atomic E-state index is -0.577. The molecule has 2 fully saturated rings. The summed E-state index contributed by atoms with van der Waals surface area (Å²) < 4.78 is 7.22. The van der Waals surface area contributed by atoms with Crippen LogP contribution < -0.4 is 0 Å². The van der Waals surface area contributed by atoms with E-state index in [-0.39, 0.29) is 12.6 Å². The van der Waals surface area contributed by atoms with Crippen molar-refractivity contribution in [2.45, 2.75) is 58.1 Å². The fourth-order valence-electron chi connectivity index (χ4n) is 3.34. The standard InChI is InChI=1S/C19H24N2O4S/c1-13(2)25-17(22)12-21-18(23)16(26-19(21)24)10-14-8-9-20(11-14)15-6-4-3-5-7-15/h8-11,13,15H,3-7,12H2,1-2H3/b16-10-. The quantitative estimate of drug-likeness (QED) is 0.574. The summed E-state index contributed by atoms with van der Waals surface area (Å²) in [4.78, 5) is 37.6. The fourth-order valence-corrected chi connectivity index (χ4v) is 4.18. The lowest BCUT2D eigenvalue weighted by molar-refractivity contribution is -0.149. The van der Waals surface area contributed by atoms with Gasteiger partial charge in [0.25, 0.3) is 11.1 Å². The molecule has 0 N–H and O–H groups in total. The summed E-state index contributed by atoms with van der Waals surface area (Å²) in [6.07, 6.45) is 11.7. The largest absolute Gasteiger partial charge is 0.462 e. The van der Waals surface area contributed by atoms with E-state index in [2.05, 4.69) is 4.57 Å². The zero-order valence-corrected chi connectivity index (χ0v) is 16.0. The van der Waals surface area contributed by atoms with E-state index < -0.39 is 17.1 Å². The first-order valence-corrected chi connectivity index (χ1v) is 9.88. The summed E-state index contributed by atoms with van der Waals surface area (Å²) >= 11 is 0.864. The summed E-state index contributed by atoms with van der Waals surface area (Å²) in [6.45, 7) is 3.11. The first-order valence-electron chi connectivity index (χ1n) is 9.06. The maximum absolute atomic E-state index is 12.5. The number of hydrogen-bond acceptors (Lipinski definition) is 5. The summed E-state index contributed by atoms with van der Waals surface area (Å²) in [6, 6.07) is 2.47. The van der Waals surface area contributed by atoms with Crippen molar-refractivity contribution >= 4 is 35.0 Å². The average molecular weight is 376 g/mol. The van der Waals surface area contributed by atoms with Crippen LogP contribution in [0.4, 0.5) is 4.79 Å². The number of imide groups is 1. The lowest BCUT2D eigenvalue weighted by Crippen LogP contribution is -2.35. The molecule has 2 aliphatic rings. The molecule has 6 nitrogen and oxygen atoms in total. The highest BCUT2D eigenvalue weighted by Crippen LogP contribution is 2.33. The molecule has 7 heteroatoms. The van der Waals surface area contributed by atoms with E-state index in [1.54, 1.807) is 19.9 Å². The number of aromatic nitrogens is 1. The summed E-state index contributed by atoms with van der Waals surface area (Å²) in [5.74, 6) is -1.02. The first-order chi connectivity index (χ1) is 12.4. The van der Waals surface area contributed by atoms with Crippen molar-refractivity contribution in [3.63, 3.8) is 0 Å². The molecule has 1 saturated heterocycles. The lowest BCUT2D eigenvalue weighted by Gasteiger charge is -2.23. The van der Waals surface area contributed by atoms with E-state index in [1.807, 2.05) is 18.5 Å². The Bertz CT molecular complexity index is 732. The molecule has 1 aromatic heterocycles. The molecule has 3 rings (SSSR count). The summed E-state index contributed by atoms with van der Waals surface area (Å²) in [5.41, 5.74) is 0.894. The van der Waals surface area contributed by atoms with Crippen molar-refractivity contribution in [3.8, 4) is 0 Å².